The zero-order valence-corrected chi connectivity index (χ0v) is 10.4. The molecule has 0 fully saturated rings. The smallest absolute Gasteiger partial charge is 0.412 e. The van der Waals surface area contributed by atoms with Crippen LogP contribution in [0.5, 0.6) is 0 Å². The van der Waals surface area contributed by atoms with E-state index in [1.165, 1.54) is 6.20 Å². The number of nitrogens with one attached hydrogen (secondary N) is 1. The van der Waals surface area contributed by atoms with Crippen molar-refractivity contribution < 1.29 is 14.3 Å². The topological polar surface area (TPSA) is 68.3 Å². The monoisotopic (exact) mass is 236 g/mol. The molecule has 1 rings (SSSR count). The van der Waals surface area contributed by atoms with Gasteiger partial charge >= 0.3 is 6.09 Å². The number of aromatic nitrogens is 1. The Morgan fingerprint density at radius 2 is 2.12 bits per heavy atom. The third-order valence-electron chi connectivity index (χ3n) is 1.83. The van der Waals surface area contributed by atoms with Crippen molar-refractivity contribution in [1.29, 1.82) is 0 Å². The van der Waals surface area contributed by atoms with Crippen LogP contribution in [0.1, 0.15) is 36.8 Å². The van der Waals surface area contributed by atoms with Gasteiger partial charge in [0.1, 0.15) is 5.60 Å². The Hall–Kier alpha value is -1.91. The van der Waals surface area contributed by atoms with Crippen molar-refractivity contribution in [3.63, 3.8) is 0 Å². The van der Waals surface area contributed by atoms with Gasteiger partial charge in [0.25, 0.3) is 0 Å². The minimum atomic E-state index is -0.591. The summed E-state index contributed by atoms with van der Waals surface area (Å²) in [5.74, 6) is 0. The van der Waals surface area contributed by atoms with E-state index in [-0.39, 0.29) is 0 Å². The first kappa shape index (κ1) is 13.2. The molecule has 0 aliphatic rings. The van der Waals surface area contributed by atoms with E-state index in [0.29, 0.717) is 23.2 Å². The van der Waals surface area contributed by atoms with E-state index in [1.807, 2.05) is 0 Å². The van der Waals surface area contributed by atoms with Gasteiger partial charge in [-0.2, -0.15) is 0 Å². The molecule has 0 aliphatic heterocycles. The molecule has 0 aliphatic carbocycles. The Kier molecular flexibility index (Phi) is 3.83. The van der Waals surface area contributed by atoms with Crippen LogP contribution in [0.4, 0.5) is 10.5 Å². The van der Waals surface area contributed by atoms with Crippen molar-refractivity contribution in [1.82, 2.24) is 4.98 Å². The van der Waals surface area contributed by atoms with Crippen LogP contribution in [-0.2, 0) is 4.74 Å². The molecule has 1 aromatic heterocycles. The van der Waals surface area contributed by atoms with Gasteiger partial charge in [-0.15, -0.1) is 0 Å². The van der Waals surface area contributed by atoms with Crippen molar-refractivity contribution in [3.05, 3.63) is 23.5 Å². The lowest BCUT2D eigenvalue weighted by Gasteiger charge is -2.20. The summed E-state index contributed by atoms with van der Waals surface area (Å²) in [6.07, 6.45) is 1.46. The van der Waals surface area contributed by atoms with Crippen molar-refractivity contribution in [2.75, 3.05) is 5.32 Å². The van der Waals surface area contributed by atoms with Crippen LogP contribution in [-0.4, -0.2) is 23.0 Å². The summed E-state index contributed by atoms with van der Waals surface area (Å²) in [6, 6.07) is 1.62. The molecule has 0 radical (unpaired) electrons. The Bertz CT molecular complexity index is 436. The van der Waals surface area contributed by atoms with E-state index in [2.05, 4.69) is 10.3 Å². The number of anilines is 1. The van der Waals surface area contributed by atoms with E-state index in [4.69, 9.17) is 4.74 Å². The SMILES string of the molecule is Cc1cc(NC(=O)OC(C)(C)C)c(C=O)cn1. The fourth-order valence-corrected chi connectivity index (χ4v) is 1.19. The fraction of sp³-hybridized carbons (Fsp3) is 0.417. The summed E-state index contributed by atoms with van der Waals surface area (Å²) in [5, 5.41) is 2.53. The van der Waals surface area contributed by atoms with Gasteiger partial charge in [-0.3, -0.25) is 15.1 Å². The zero-order valence-electron chi connectivity index (χ0n) is 10.4. The maximum absolute atomic E-state index is 11.5. The van der Waals surface area contributed by atoms with Gasteiger partial charge < -0.3 is 4.74 Å². The van der Waals surface area contributed by atoms with Crippen LogP contribution in [0, 0.1) is 6.92 Å². The standard InChI is InChI=1S/C12H16N2O3/c1-8-5-10(9(7-15)6-13-8)14-11(16)17-12(2,3)4/h5-7H,1-4H3,(H,13,14,16). The highest BCUT2D eigenvalue weighted by Crippen LogP contribution is 2.15. The molecule has 1 heterocycles. The largest absolute Gasteiger partial charge is 0.444 e. The number of hydrogen-bond acceptors (Lipinski definition) is 4. The lowest BCUT2D eigenvalue weighted by Crippen LogP contribution is -2.27. The van der Waals surface area contributed by atoms with Crippen LogP contribution < -0.4 is 5.32 Å². The second kappa shape index (κ2) is 4.95. The van der Waals surface area contributed by atoms with Crippen molar-refractivity contribution in [2.24, 2.45) is 0 Å². The number of carbonyl (C=O) groups excluding carboxylic acids is 2. The normalized spacial score (nSPS) is 10.8. The van der Waals surface area contributed by atoms with Gasteiger partial charge in [-0.05, 0) is 33.8 Å². The molecule has 0 saturated heterocycles. The van der Waals surface area contributed by atoms with Gasteiger partial charge in [0.05, 0.1) is 11.3 Å². The highest BCUT2D eigenvalue weighted by atomic mass is 16.6. The van der Waals surface area contributed by atoms with E-state index < -0.39 is 11.7 Å². The summed E-state index contributed by atoms with van der Waals surface area (Å²) < 4.78 is 5.09. The minimum Gasteiger partial charge on any atom is -0.444 e. The number of nitrogens with zero attached hydrogens (tertiary/aromatic N) is 1. The summed E-state index contributed by atoms with van der Waals surface area (Å²) in [5.41, 5.74) is 0.859. The average Bonchev–Trinajstić information content (AvgIpc) is 2.14. The number of pyridine rings is 1. The first-order valence-electron chi connectivity index (χ1n) is 5.23. The van der Waals surface area contributed by atoms with Crippen LogP contribution in [0.2, 0.25) is 0 Å². The van der Waals surface area contributed by atoms with Gasteiger partial charge in [-0.1, -0.05) is 0 Å². The molecule has 0 bridgehead atoms. The van der Waals surface area contributed by atoms with E-state index in [0.717, 1.165) is 0 Å². The van der Waals surface area contributed by atoms with E-state index in [1.54, 1.807) is 33.8 Å². The first-order chi connectivity index (χ1) is 7.81. The first-order valence-corrected chi connectivity index (χ1v) is 5.23. The molecule has 0 spiro atoms. The highest BCUT2D eigenvalue weighted by Gasteiger charge is 2.17. The number of amides is 1. The molecule has 1 aromatic rings. The zero-order chi connectivity index (χ0) is 13.1. The molecule has 5 nitrogen and oxygen atoms in total. The van der Waals surface area contributed by atoms with Crippen molar-refractivity contribution in [3.8, 4) is 0 Å². The molecular weight excluding hydrogens is 220 g/mol. The third-order valence-corrected chi connectivity index (χ3v) is 1.83. The molecule has 17 heavy (non-hydrogen) atoms. The highest BCUT2D eigenvalue weighted by molar-refractivity contribution is 5.92. The second-order valence-corrected chi connectivity index (χ2v) is 4.66. The molecule has 92 valence electrons. The average molecular weight is 236 g/mol. The fourth-order valence-electron chi connectivity index (χ4n) is 1.19. The Balaban J connectivity index is 2.84. The predicted molar refractivity (Wildman–Crippen MR) is 64.2 cm³/mol. The number of aryl methyl sites for hydroxylation is 1. The van der Waals surface area contributed by atoms with Gasteiger partial charge in [-0.25, -0.2) is 4.79 Å². The molecule has 5 heteroatoms. The van der Waals surface area contributed by atoms with Crippen LogP contribution in [0.25, 0.3) is 0 Å². The summed E-state index contributed by atoms with van der Waals surface area (Å²) in [7, 11) is 0. The van der Waals surface area contributed by atoms with Crippen molar-refractivity contribution in [2.45, 2.75) is 33.3 Å². The molecule has 0 aromatic carbocycles. The maximum atomic E-state index is 11.5. The molecule has 0 atom stereocenters. The lowest BCUT2D eigenvalue weighted by molar-refractivity contribution is 0.0636. The predicted octanol–water partition coefficient (Wildman–Crippen LogP) is 2.55. The quantitative estimate of drug-likeness (QED) is 0.801. The molecule has 1 amide bonds. The number of ether oxygens (including phenoxy) is 1. The lowest BCUT2D eigenvalue weighted by atomic mass is 10.2. The van der Waals surface area contributed by atoms with Crippen LogP contribution in [0.15, 0.2) is 12.3 Å². The second-order valence-electron chi connectivity index (χ2n) is 4.66. The molecule has 0 unspecified atom stereocenters. The van der Waals surface area contributed by atoms with E-state index >= 15 is 0 Å². The van der Waals surface area contributed by atoms with Gasteiger partial charge in [0.2, 0.25) is 0 Å². The maximum Gasteiger partial charge on any atom is 0.412 e. The number of aldehydes is 1. The Morgan fingerprint density at radius 3 is 2.65 bits per heavy atom. The van der Waals surface area contributed by atoms with E-state index in [9.17, 15) is 9.59 Å². The third kappa shape index (κ3) is 4.22. The number of carbonyl (C=O) groups is 2. The van der Waals surface area contributed by atoms with Crippen LogP contribution in [0.3, 0.4) is 0 Å². The summed E-state index contributed by atoms with van der Waals surface area (Å²) in [6.45, 7) is 7.08. The molecule has 1 N–H and O–H groups in total. The summed E-state index contributed by atoms with van der Waals surface area (Å²) in [4.78, 5) is 26.3. The van der Waals surface area contributed by atoms with Crippen LogP contribution >= 0.6 is 0 Å². The summed E-state index contributed by atoms with van der Waals surface area (Å²) >= 11 is 0. The molecular formula is C12H16N2O3. The minimum absolute atomic E-state index is 0.321. The van der Waals surface area contributed by atoms with Gasteiger partial charge in [0, 0.05) is 11.9 Å². The number of hydrogen-bond donors (Lipinski definition) is 1. The van der Waals surface area contributed by atoms with Crippen molar-refractivity contribution >= 4 is 18.1 Å². The molecule has 0 saturated carbocycles. The Morgan fingerprint density at radius 1 is 1.47 bits per heavy atom. The number of rotatable bonds is 2. The Labute approximate surface area is 100 Å². The van der Waals surface area contributed by atoms with Gasteiger partial charge in [0.15, 0.2) is 6.29 Å².